The number of anilines is 1. The van der Waals surface area contributed by atoms with Gasteiger partial charge in [0, 0.05) is 36.7 Å². The number of rotatable bonds is 4. The molecule has 0 atom stereocenters. The summed E-state index contributed by atoms with van der Waals surface area (Å²) in [4.78, 5) is 33.0. The van der Waals surface area contributed by atoms with E-state index in [1.54, 1.807) is 0 Å². The zero-order valence-corrected chi connectivity index (χ0v) is 20.7. The molecule has 0 aromatic carbocycles. The van der Waals surface area contributed by atoms with Crippen LogP contribution >= 0.6 is 15.9 Å². The molecule has 2 aromatic heterocycles. The molecular weight excluding hydrogens is 462 g/mol. The van der Waals surface area contributed by atoms with Gasteiger partial charge in [-0.1, -0.05) is 13.8 Å². The van der Waals surface area contributed by atoms with Gasteiger partial charge in [0.15, 0.2) is 5.82 Å². The van der Waals surface area contributed by atoms with Crippen molar-refractivity contribution in [1.82, 2.24) is 19.7 Å². The summed E-state index contributed by atoms with van der Waals surface area (Å²) < 4.78 is 8.20. The van der Waals surface area contributed by atoms with E-state index in [-0.39, 0.29) is 29.9 Å². The Hall–Kier alpha value is -2.16. The van der Waals surface area contributed by atoms with Gasteiger partial charge in [-0.05, 0) is 62.4 Å². The number of fused-ring (bicyclic) bond motifs is 1. The summed E-state index contributed by atoms with van der Waals surface area (Å²) in [6.07, 6.45) is 5.07. The molecule has 31 heavy (non-hydrogen) atoms. The molecule has 0 aliphatic heterocycles. The number of ether oxygens (including phenoxy) is 1. The van der Waals surface area contributed by atoms with Gasteiger partial charge in [-0.3, -0.25) is 9.20 Å². The predicted octanol–water partition coefficient (Wildman–Crippen LogP) is 5.12. The Morgan fingerprint density at radius 2 is 1.87 bits per heavy atom. The Morgan fingerprint density at radius 1 is 1.23 bits per heavy atom. The smallest absolute Gasteiger partial charge is 0.407 e. The van der Waals surface area contributed by atoms with E-state index < -0.39 is 5.60 Å². The van der Waals surface area contributed by atoms with Gasteiger partial charge in [-0.2, -0.15) is 0 Å². The quantitative estimate of drug-likeness (QED) is 0.615. The molecule has 170 valence electrons. The molecule has 0 unspecified atom stereocenters. The van der Waals surface area contributed by atoms with Crippen LogP contribution in [0.2, 0.25) is 0 Å². The van der Waals surface area contributed by atoms with Crippen molar-refractivity contribution in [3.05, 3.63) is 22.3 Å². The third kappa shape index (κ3) is 5.56. The first-order valence-electron chi connectivity index (χ1n) is 10.8. The Balaban J connectivity index is 1.84. The molecule has 0 radical (unpaired) electrons. The second-order valence-electron chi connectivity index (χ2n) is 9.51. The van der Waals surface area contributed by atoms with E-state index in [0.717, 1.165) is 42.7 Å². The van der Waals surface area contributed by atoms with Crippen molar-refractivity contribution in [1.29, 1.82) is 0 Å². The SMILES string of the molecule is CC(=O)Nc1ncc(C2CCC(NC(=O)OC(C)(C)C)CC2)n2c(C(C)C)nc(Br)c12. The van der Waals surface area contributed by atoms with Crippen molar-refractivity contribution in [3.63, 3.8) is 0 Å². The maximum atomic E-state index is 12.1. The zero-order chi connectivity index (χ0) is 22.9. The number of amides is 2. The van der Waals surface area contributed by atoms with E-state index in [9.17, 15) is 9.59 Å². The maximum absolute atomic E-state index is 12.1. The number of carbonyl (C=O) groups excluding carboxylic acids is 2. The van der Waals surface area contributed by atoms with Crippen molar-refractivity contribution in [3.8, 4) is 0 Å². The van der Waals surface area contributed by atoms with Gasteiger partial charge in [0.05, 0.1) is 0 Å². The predicted molar refractivity (Wildman–Crippen MR) is 123 cm³/mol. The monoisotopic (exact) mass is 493 g/mol. The number of halogens is 1. The summed E-state index contributed by atoms with van der Waals surface area (Å²) in [6.45, 7) is 11.3. The number of alkyl carbamates (subject to hydrolysis) is 1. The molecule has 2 aromatic rings. The average Bonchev–Trinajstić information content (AvgIpc) is 2.99. The zero-order valence-electron chi connectivity index (χ0n) is 19.1. The standard InChI is InChI=1S/C22H32BrN5O3/c1-12(2)20-27-18(23)17-19(25-13(3)29)24-11-16(28(17)20)14-7-9-15(10-8-14)26-21(30)31-22(4,5)6/h11-12,14-15H,7-10H2,1-6H3,(H,26,30)(H,24,25,29). The van der Waals surface area contributed by atoms with Gasteiger partial charge in [-0.15, -0.1) is 0 Å². The van der Waals surface area contributed by atoms with E-state index in [0.29, 0.717) is 10.4 Å². The van der Waals surface area contributed by atoms with E-state index in [4.69, 9.17) is 9.72 Å². The highest BCUT2D eigenvalue weighted by Gasteiger charge is 2.29. The molecule has 1 aliphatic carbocycles. The fraction of sp³-hybridized carbons (Fsp3) is 0.636. The number of nitrogens with one attached hydrogen (secondary N) is 2. The molecule has 1 aliphatic rings. The summed E-state index contributed by atoms with van der Waals surface area (Å²) in [5, 5.41) is 5.81. The van der Waals surface area contributed by atoms with E-state index in [2.05, 4.69) is 49.8 Å². The summed E-state index contributed by atoms with van der Waals surface area (Å²) in [5.41, 5.74) is 1.36. The summed E-state index contributed by atoms with van der Waals surface area (Å²) in [6, 6.07) is 0.104. The minimum atomic E-state index is -0.504. The minimum Gasteiger partial charge on any atom is -0.444 e. The molecule has 1 fully saturated rings. The number of imidazole rings is 1. The number of aromatic nitrogens is 3. The van der Waals surface area contributed by atoms with E-state index >= 15 is 0 Å². The highest BCUT2D eigenvalue weighted by molar-refractivity contribution is 9.10. The third-order valence-electron chi connectivity index (χ3n) is 5.35. The molecule has 3 rings (SSSR count). The summed E-state index contributed by atoms with van der Waals surface area (Å²) in [5.74, 6) is 1.75. The molecule has 0 bridgehead atoms. The first-order chi connectivity index (χ1) is 14.5. The minimum absolute atomic E-state index is 0.104. The highest BCUT2D eigenvalue weighted by atomic mass is 79.9. The molecule has 2 heterocycles. The average molecular weight is 494 g/mol. The van der Waals surface area contributed by atoms with Crippen LogP contribution in [0.5, 0.6) is 0 Å². The second-order valence-corrected chi connectivity index (χ2v) is 10.3. The molecule has 1 saturated carbocycles. The lowest BCUT2D eigenvalue weighted by Crippen LogP contribution is -2.40. The molecule has 2 amide bonds. The topological polar surface area (TPSA) is 97.6 Å². The van der Waals surface area contributed by atoms with Crippen LogP contribution in [0, 0.1) is 0 Å². The lowest BCUT2D eigenvalue weighted by Gasteiger charge is -2.31. The van der Waals surface area contributed by atoms with Crippen molar-refractivity contribution < 1.29 is 14.3 Å². The largest absolute Gasteiger partial charge is 0.444 e. The van der Waals surface area contributed by atoms with Gasteiger partial charge in [0.2, 0.25) is 5.91 Å². The van der Waals surface area contributed by atoms with Crippen molar-refractivity contribution in [2.24, 2.45) is 0 Å². The first-order valence-corrected chi connectivity index (χ1v) is 11.6. The van der Waals surface area contributed by atoms with Crippen molar-refractivity contribution >= 4 is 39.3 Å². The van der Waals surface area contributed by atoms with Crippen molar-refractivity contribution in [2.45, 2.75) is 90.7 Å². The van der Waals surface area contributed by atoms with Crippen LogP contribution in [0.25, 0.3) is 5.52 Å². The molecule has 2 N–H and O–H groups in total. The van der Waals surface area contributed by atoms with Crippen LogP contribution < -0.4 is 10.6 Å². The van der Waals surface area contributed by atoms with Gasteiger partial charge in [-0.25, -0.2) is 14.8 Å². The van der Waals surface area contributed by atoms with E-state index in [1.165, 1.54) is 6.92 Å². The molecule has 9 heteroatoms. The molecule has 0 spiro atoms. The molecule has 8 nitrogen and oxygen atoms in total. The Labute approximate surface area is 191 Å². The van der Waals surface area contributed by atoms with Crippen LogP contribution in [0.1, 0.15) is 90.6 Å². The molecular formula is C22H32BrN5O3. The van der Waals surface area contributed by atoms with Gasteiger partial charge in [0.1, 0.15) is 21.5 Å². The Bertz CT molecular complexity index is 972. The Kier molecular flexibility index (Phi) is 6.93. The fourth-order valence-corrected chi connectivity index (χ4v) is 4.61. The van der Waals surface area contributed by atoms with Crippen LogP contribution in [0.3, 0.4) is 0 Å². The highest BCUT2D eigenvalue weighted by Crippen LogP contribution is 2.37. The van der Waals surface area contributed by atoms with Crippen LogP contribution in [-0.2, 0) is 9.53 Å². The number of hydrogen-bond acceptors (Lipinski definition) is 5. The van der Waals surface area contributed by atoms with Gasteiger partial charge >= 0.3 is 6.09 Å². The lowest BCUT2D eigenvalue weighted by molar-refractivity contribution is -0.114. The van der Waals surface area contributed by atoms with Gasteiger partial charge < -0.3 is 15.4 Å². The van der Waals surface area contributed by atoms with Gasteiger partial charge in [0.25, 0.3) is 0 Å². The normalized spacial score (nSPS) is 19.5. The van der Waals surface area contributed by atoms with Crippen LogP contribution in [0.4, 0.5) is 10.6 Å². The Morgan fingerprint density at radius 3 is 2.42 bits per heavy atom. The lowest BCUT2D eigenvalue weighted by atomic mass is 9.84. The first kappa shape index (κ1) is 23.5. The van der Waals surface area contributed by atoms with Crippen LogP contribution in [0.15, 0.2) is 10.8 Å². The third-order valence-corrected chi connectivity index (χ3v) is 5.90. The summed E-state index contributed by atoms with van der Waals surface area (Å²) >= 11 is 3.56. The maximum Gasteiger partial charge on any atom is 0.407 e. The number of carbonyl (C=O) groups is 2. The summed E-state index contributed by atoms with van der Waals surface area (Å²) in [7, 11) is 0. The van der Waals surface area contributed by atoms with E-state index in [1.807, 2.05) is 27.0 Å². The van der Waals surface area contributed by atoms with Crippen LogP contribution in [-0.4, -0.2) is 38.0 Å². The second kappa shape index (κ2) is 9.14. The molecule has 0 saturated heterocycles. The van der Waals surface area contributed by atoms with Crippen molar-refractivity contribution in [2.75, 3.05) is 5.32 Å². The number of nitrogens with zero attached hydrogens (tertiary/aromatic N) is 3. The fourth-order valence-electron chi connectivity index (χ4n) is 4.07. The number of hydrogen-bond donors (Lipinski definition) is 2.